The first-order valence-corrected chi connectivity index (χ1v) is 6.84. The second-order valence-corrected chi connectivity index (χ2v) is 5.15. The lowest BCUT2D eigenvalue weighted by atomic mass is 10.0. The van der Waals surface area contributed by atoms with Crippen LogP contribution in [0.15, 0.2) is 42.5 Å². The molecular formula is C16H10ClNO4. The first kappa shape index (κ1) is 14.3. The van der Waals surface area contributed by atoms with E-state index in [0.717, 1.165) is 0 Å². The Hall–Kier alpha value is -2.66. The van der Waals surface area contributed by atoms with Gasteiger partial charge < -0.3 is 10.1 Å². The Bertz CT molecular complexity index is 783. The van der Waals surface area contributed by atoms with Crippen LogP contribution in [0, 0.1) is 0 Å². The van der Waals surface area contributed by atoms with Gasteiger partial charge in [0.1, 0.15) is 5.75 Å². The van der Waals surface area contributed by atoms with Crippen LogP contribution in [-0.4, -0.2) is 24.1 Å². The maximum atomic E-state index is 12.3. The Balaban J connectivity index is 1.89. The summed E-state index contributed by atoms with van der Waals surface area (Å²) in [6.07, 6.45) is 0. The number of nitrogens with one attached hydrogen (secondary N) is 1. The third kappa shape index (κ3) is 2.71. The third-order valence-electron chi connectivity index (χ3n) is 3.19. The maximum absolute atomic E-state index is 12.3. The average molecular weight is 316 g/mol. The molecule has 0 unspecified atom stereocenters. The summed E-state index contributed by atoms with van der Waals surface area (Å²) in [6.45, 7) is -0.0655. The van der Waals surface area contributed by atoms with E-state index in [9.17, 15) is 14.4 Å². The maximum Gasteiger partial charge on any atom is 0.262 e. The van der Waals surface area contributed by atoms with E-state index in [-0.39, 0.29) is 23.6 Å². The zero-order valence-electron chi connectivity index (χ0n) is 11.3. The van der Waals surface area contributed by atoms with Gasteiger partial charge >= 0.3 is 0 Å². The second-order valence-electron chi connectivity index (χ2n) is 4.71. The molecule has 0 saturated heterocycles. The zero-order valence-corrected chi connectivity index (χ0v) is 12.0. The van der Waals surface area contributed by atoms with Crippen molar-refractivity contribution in [2.24, 2.45) is 0 Å². The van der Waals surface area contributed by atoms with E-state index < -0.39 is 11.6 Å². The molecule has 1 heterocycles. The van der Waals surface area contributed by atoms with Gasteiger partial charge in [-0.25, -0.2) is 0 Å². The molecule has 0 aliphatic carbocycles. The summed E-state index contributed by atoms with van der Waals surface area (Å²) in [5, 5.41) is 3.08. The summed E-state index contributed by atoms with van der Waals surface area (Å²) in [4.78, 5) is 35.7. The summed E-state index contributed by atoms with van der Waals surface area (Å²) in [6, 6.07) is 10.6. The summed E-state index contributed by atoms with van der Waals surface area (Å²) in [5.41, 5.74) is 0.822. The second kappa shape index (κ2) is 5.61. The fourth-order valence-electron chi connectivity index (χ4n) is 2.09. The molecule has 6 heteroatoms. The number of carbonyl (C=O) groups is 3. The lowest BCUT2D eigenvalue weighted by Crippen LogP contribution is -2.25. The van der Waals surface area contributed by atoms with Gasteiger partial charge in [0, 0.05) is 16.1 Å². The van der Waals surface area contributed by atoms with Crippen molar-refractivity contribution in [1.29, 1.82) is 0 Å². The van der Waals surface area contributed by atoms with Crippen molar-refractivity contribution < 1.29 is 19.1 Å². The van der Waals surface area contributed by atoms with E-state index in [1.165, 1.54) is 24.3 Å². The number of amides is 1. The molecule has 22 heavy (non-hydrogen) atoms. The van der Waals surface area contributed by atoms with Crippen LogP contribution < -0.4 is 10.1 Å². The highest BCUT2D eigenvalue weighted by molar-refractivity contribution is 6.49. The van der Waals surface area contributed by atoms with Gasteiger partial charge in [0.25, 0.3) is 5.91 Å². The fourth-order valence-corrected chi connectivity index (χ4v) is 2.21. The summed E-state index contributed by atoms with van der Waals surface area (Å²) in [7, 11) is 0. The van der Waals surface area contributed by atoms with Crippen LogP contribution >= 0.6 is 11.6 Å². The largest absolute Gasteiger partial charge is 0.482 e. The molecule has 0 radical (unpaired) electrons. The molecule has 0 spiro atoms. The minimum atomic E-state index is -0.662. The first-order valence-electron chi connectivity index (χ1n) is 6.46. The number of Topliss-reactive ketones (excluding diaryl/α,β-unsaturated/α-hetero) is 2. The molecule has 5 nitrogen and oxygen atoms in total. The van der Waals surface area contributed by atoms with Crippen molar-refractivity contribution >= 4 is 34.8 Å². The monoisotopic (exact) mass is 315 g/mol. The number of anilines is 1. The Kier molecular flexibility index (Phi) is 3.65. The van der Waals surface area contributed by atoms with Crippen molar-refractivity contribution in [1.82, 2.24) is 0 Å². The highest BCUT2D eigenvalue weighted by Crippen LogP contribution is 2.29. The highest BCUT2D eigenvalue weighted by atomic mass is 35.5. The highest BCUT2D eigenvalue weighted by Gasteiger charge is 2.22. The molecule has 0 bridgehead atoms. The molecule has 1 amide bonds. The van der Waals surface area contributed by atoms with Gasteiger partial charge in [-0.05, 0) is 42.5 Å². The van der Waals surface area contributed by atoms with Crippen LogP contribution in [0.3, 0.4) is 0 Å². The summed E-state index contributed by atoms with van der Waals surface area (Å²) >= 11 is 5.76. The SMILES string of the molecule is O=C1COc2ccc(C(=O)C(=O)c3ccc(Cl)cc3)cc2N1. The Morgan fingerprint density at radius 3 is 2.36 bits per heavy atom. The molecule has 1 aliphatic rings. The van der Waals surface area contributed by atoms with E-state index in [2.05, 4.69) is 5.32 Å². The van der Waals surface area contributed by atoms with E-state index in [1.54, 1.807) is 18.2 Å². The molecule has 0 atom stereocenters. The Morgan fingerprint density at radius 1 is 1.00 bits per heavy atom. The topological polar surface area (TPSA) is 72.5 Å². The molecule has 2 aromatic rings. The molecular weight excluding hydrogens is 306 g/mol. The van der Waals surface area contributed by atoms with E-state index in [0.29, 0.717) is 16.5 Å². The van der Waals surface area contributed by atoms with E-state index in [1.807, 2.05) is 0 Å². The van der Waals surface area contributed by atoms with Crippen molar-refractivity contribution in [3.05, 3.63) is 58.6 Å². The van der Waals surface area contributed by atoms with Crippen LogP contribution in [0.1, 0.15) is 20.7 Å². The Morgan fingerprint density at radius 2 is 1.64 bits per heavy atom. The smallest absolute Gasteiger partial charge is 0.262 e. The number of carbonyl (C=O) groups excluding carboxylic acids is 3. The number of hydrogen-bond acceptors (Lipinski definition) is 4. The molecule has 2 aromatic carbocycles. The number of hydrogen-bond donors (Lipinski definition) is 1. The standard InChI is InChI=1S/C16H10ClNO4/c17-11-4-1-9(2-5-11)15(20)16(21)10-3-6-13-12(7-10)18-14(19)8-22-13/h1-7H,8H2,(H,18,19). The molecule has 110 valence electrons. The normalized spacial score (nSPS) is 12.9. The van der Waals surface area contributed by atoms with Crippen molar-refractivity contribution in [2.75, 3.05) is 11.9 Å². The van der Waals surface area contributed by atoms with Gasteiger partial charge in [-0.3, -0.25) is 14.4 Å². The van der Waals surface area contributed by atoms with Crippen LogP contribution in [-0.2, 0) is 4.79 Å². The van der Waals surface area contributed by atoms with Gasteiger partial charge in [-0.15, -0.1) is 0 Å². The molecule has 0 aromatic heterocycles. The molecule has 0 fully saturated rings. The fraction of sp³-hybridized carbons (Fsp3) is 0.0625. The first-order chi connectivity index (χ1) is 10.5. The molecule has 1 N–H and O–H groups in total. The van der Waals surface area contributed by atoms with Gasteiger partial charge in [0.05, 0.1) is 5.69 Å². The van der Waals surface area contributed by atoms with Crippen LogP contribution in [0.25, 0.3) is 0 Å². The lowest BCUT2D eigenvalue weighted by Gasteiger charge is -2.18. The van der Waals surface area contributed by atoms with E-state index >= 15 is 0 Å². The minimum Gasteiger partial charge on any atom is -0.482 e. The Labute approximate surface area is 130 Å². The van der Waals surface area contributed by atoms with E-state index in [4.69, 9.17) is 16.3 Å². The van der Waals surface area contributed by atoms with Crippen LogP contribution in [0.5, 0.6) is 5.75 Å². The van der Waals surface area contributed by atoms with Crippen molar-refractivity contribution in [3.63, 3.8) is 0 Å². The van der Waals surface area contributed by atoms with Crippen molar-refractivity contribution in [3.8, 4) is 5.75 Å². The number of ketones is 2. The molecule has 1 aliphatic heterocycles. The van der Waals surface area contributed by atoms with Gasteiger partial charge in [-0.1, -0.05) is 11.6 Å². The van der Waals surface area contributed by atoms with Crippen molar-refractivity contribution in [2.45, 2.75) is 0 Å². The third-order valence-corrected chi connectivity index (χ3v) is 3.44. The summed E-state index contributed by atoms with van der Waals surface area (Å²) in [5.74, 6) is -1.14. The minimum absolute atomic E-state index is 0.0655. The quantitative estimate of drug-likeness (QED) is 0.698. The number of rotatable bonds is 3. The number of benzene rings is 2. The number of fused-ring (bicyclic) bond motifs is 1. The van der Waals surface area contributed by atoms with Crippen LogP contribution in [0.4, 0.5) is 5.69 Å². The number of ether oxygens (including phenoxy) is 1. The lowest BCUT2D eigenvalue weighted by molar-refractivity contribution is -0.118. The number of halogens is 1. The predicted octanol–water partition coefficient (Wildman–Crippen LogP) is 2.74. The van der Waals surface area contributed by atoms with Gasteiger partial charge in [0.2, 0.25) is 11.6 Å². The van der Waals surface area contributed by atoms with Gasteiger partial charge in [-0.2, -0.15) is 0 Å². The summed E-state index contributed by atoms with van der Waals surface area (Å²) < 4.78 is 5.21. The molecule has 0 saturated carbocycles. The van der Waals surface area contributed by atoms with Gasteiger partial charge in [0.15, 0.2) is 6.61 Å². The van der Waals surface area contributed by atoms with Crippen LogP contribution in [0.2, 0.25) is 5.02 Å². The molecule has 3 rings (SSSR count). The average Bonchev–Trinajstić information content (AvgIpc) is 2.53. The predicted molar refractivity (Wildman–Crippen MR) is 80.7 cm³/mol. The zero-order chi connectivity index (χ0) is 15.7.